The molecule has 86 valence electrons. The molecule has 0 amide bonds. The Kier molecular flexibility index (Phi) is 3.59. The van der Waals surface area contributed by atoms with E-state index in [9.17, 15) is 23.1 Å². The van der Waals surface area contributed by atoms with Crippen LogP contribution in [0.1, 0.15) is 11.1 Å². The number of hydrogen-bond acceptors (Lipinski definition) is 2. The van der Waals surface area contributed by atoms with Gasteiger partial charge in [0.05, 0.1) is 16.6 Å². The number of hydrogen-bond donors (Lipinski definition) is 0. The van der Waals surface area contributed by atoms with Crippen molar-refractivity contribution in [2.24, 2.45) is 0 Å². The topological polar surface area (TPSA) is 40.1 Å². The number of carbonyl (C=O) groups excluding carboxylic acids is 1. The van der Waals surface area contributed by atoms with E-state index in [1.165, 1.54) is 6.07 Å². The molecule has 0 spiro atoms. The van der Waals surface area contributed by atoms with Crippen molar-refractivity contribution >= 4 is 23.6 Å². The molecular weight excluding hydrogens is 245 g/mol. The molecular formula is C10H5ClF3O2-. The summed E-state index contributed by atoms with van der Waals surface area (Å²) in [5.74, 6) is -1.48. The molecule has 1 aromatic carbocycles. The van der Waals surface area contributed by atoms with E-state index in [0.29, 0.717) is 6.08 Å². The lowest BCUT2D eigenvalue weighted by Crippen LogP contribution is -2.18. The molecule has 0 fully saturated rings. The van der Waals surface area contributed by atoms with Crippen LogP contribution in [-0.4, -0.2) is 5.97 Å². The first-order valence-electron chi connectivity index (χ1n) is 4.06. The smallest absolute Gasteiger partial charge is 0.417 e. The van der Waals surface area contributed by atoms with E-state index in [1.54, 1.807) is 0 Å². The van der Waals surface area contributed by atoms with Crippen molar-refractivity contribution in [3.63, 3.8) is 0 Å². The minimum absolute atomic E-state index is 0.0842. The number of carbonyl (C=O) groups is 1. The van der Waals surface area contributed by atoms with Crippen molar-refractivity contribution in [3.05, 3.63) is 40.4 Å². The van der Waals surface area contributed by atoms with Crippen LogP contribution in [-0.2, 0) is 11.0 Å². The maximum absolute atomic E-state index is 12.4. The summed E-state index contributed by atoms with van der Waals surface area (Å²) in [4.78, 5) is 10.1. The zero-order valence-corrected chi connectivity index (χ0v) is 8.47. The standard InChI is InChI=1S/C10H6ClF3O2/c11-8-3-1-6(2-4-9(15)16)5-7(8)10(12,13)14/h1-5H,(H,15,16)/p-1/b4-2+. The molecule has 0 aromatic heterocycles. The van der Waals surface area contributed by atoms with Gasteiger partial charge in [-0.15, -0.1) is 0 Å². The Labute approximate surface area is 94.0 Å². The largest absolute Gasteiger partial charge is 0.545 e. The van der Waals surface area contributed by atoms with E-state index in [4.69, 9.17) is 11.6 Å². The van der Waals surface area contributed by atoms with Gasteiger partial charge in [0.1, 0.15) is 0 Å². The quantitative estimate of drug-likeness (QED) is 0.753. The van der Waals surface area contributed by atoms with Gasteiger partial charge in [0.2, 0.25) is 0 Å². The highest BCUT2D eigenvalue weighted by Gasteiger charge is 2.33. The Bertz CT molecular complexity index is 438. The number of halogens is 4. The first kappa shape index (κ1) is 12.6. The minimum Gasteiger partial charge on any atom is -0.545 e. The normalized spacial score (nSPS) is 12.0. The first-order chi connectivity index (χ1) is 7.30. The van der Waals surface area contributed by atoms with Crippen LogP contribution in [0.2, 0.25) is 5.02 Å². The summed E-state index contributed by atoms with van der Waals surface area (Å²) < 4.78 is 37.2. The van der Waals surface area contributed by atoms with Crippen LogP contribution in [0.3, 0.4) is 0 Å². The summed E-state index contributed by atoms with van der Waals surface area (Å²) >= 11 is 5.37. The van der Waals surface area contributed by atoms with Crippen molar-refractivity contribution in [1.29, 1.82) is 0 Å². The summed E-state index contributed by atoms with van der Waals surface area (Å²) in [5, 5.41) is 9.64. The molecule has 1 rings (SSSR count). The molecule has 0 aliphatic rings. The summed E-state index contributed by atoms with van der Waals surface area (Å²) in [7, 11) is 0. The third kappa shape index (κ3) is 3.27. The Hall–Kier alpha value is -1.49. The van der Waals surface area contributed by atoms with E-state index in [1.807, 2.05) is 0 Å². The second-order valence-electron chi connectivity index (χ2n) is 2.89. The molecule has 0 atom stereocenters. The van der Waals surface area contributed by atoms with Crippen LogP contribution in [0.15, 0.2) is 24.3 Å². The lowest BCUT2D eigenvalue weighted by atomic mass is 10.1. The van der Waals surface area contributed by atoms with E-state index < -0.39 is 22.7 Å². The van der Waals surface area contributed by atoms with Gasteiger partial charge < -0.3 is 9.90 Å². The highest BCUT2D eigenvalue weighted by atomic mass is 35.5. The lowest BCUT2D eigenvalue weighted by molar-refractivity contribution is -0.297. The second kappa shape index (κ2) is 4.57. The van der Waals surface area contributed by atoms with E-state index in [-0.39, 0.29) is 5.56 Å². The van der Waals surface area contributed by atoms with Gasteiger partial charge in [-0.05, 0) is 23.8 Å². The van der Waals surface area contributed by atoms with E-state index in [2.05, 4.69) is 0 Å². The summed E-state index contributed by atoms with van der Waals surface area (Å²) in [5.41, 5.74) is -0.921. The zero-order chi connectivity index (χ0) is 12.3. The van der Waals surface area contributed by atoms with Crippen molar-refractivity contribution in [2.45, 2.75) is 6.18 Å². The van der Waals surface area contributed by atoms with Gasteiger partial charge in [0.15, 0.2) is 0 Å². The number of rotatable bonds is 2. The van der Waals surface area contributed by atoms with Crippen molar-refractivity contribution in [3.8, 4) is 0 Å². The number of carboxylic acid groups (broad SMARTS) is 1. The Morgan fingerprint density at radius 3 is 2.50 bits per heavy atom. The number of benzene rings is 1. The first-order valence-corrected chi connectivity index (χ1v) is 4.44. The van der Waals surface area contributed by atoms with E-state index >= 15 is 0 Å². The van der Waals surface area contributed by atoms with Crippen LogP contribution in [0.4, 0.5) is 13.2 Å². The second-order valence-corrected chi connectivity index (χ2v) is 3.30. The van der Waals surface area contributed by atoms with Crippen molar-refractivity contribution in [1.82, 2.24) is 0 Å². The number of aliphatic carboxylic acids is 1. The molecule has 1 aromatic rings. The minimum atomic E-state index is -4.57. The lowest BCUT2D eigenvalue weighted by Gasteiger charge is -2.09. The van der Waals surface area contributed by atoms with Gasteiger partial charge in [0.25, 0.3) is 0 Å². The summed E-state index contributed by atoms with van der Waals surface area (Å²) in [6.45, 7) is 0. The molecule has 0 saturated carbocycles. The molecule has 0 heterocycles. The highest BCUT2D eigenvalue weighted by molar-refractivity contribution is 6.31. The van der Waals surface area contributed by atoms with Gasteiger partial charge in [-0.3, -0.25) is 0 Å². The fraction of sp³-hybridized carbons (Fsp3) is 0.100. The molecule has 0 saturated heterocycles. The third-order valence-electron chi connectivity index (χ3n) is 1.71. The predicted molar refractivity (Wildman–Crippen MR) is 50.5 cm³/mol. The summed E-state index contributed by atoms with van der Waals surface area (Å²) in [6, 6.07) is 3.10. The fourth-order valence-electron chi connectivity index (χ4n) is 1.03. The Morgan fingerprint density at radius 1 is 1.38 bits per heavy atom. The van der Waals surface area contributed by atoms with Gasteiger partial charge in [-0.25, -0.2) is 0 Å². The average molecular weight is 250 g/mol. The fourth-order valence-corrected chi connectivity index (χ4v) is 1.25. The molecule has 0 aliphatic heterocycles. The van der Waals surface area contributed by atoms with Crippen molar-refractivity contribution in [2.75, 3.05) is 0 Å². The van der Waals surface area contributed by atoms with Crippen LogP contribution in [0, 0.1) is 0 Å². The Balaban J connectivity index is 3.13. The third-order valence-corrected chi connectivity index (χ3v) is 2.04. The van der Waals surface area contributed by atoms with Crippen LogP contribution in [0.25, 0.3) is 6.08 Å². The van der Waals surface area contributed by atoms with Gasteiger partial charge in [-0.1, -0.05) is 23.7 Å². The molecule has 16 heavy (non-hydrogen) atoms. The van der Waals surface area contributed by atoms with Gasteiger partial charge in [0, 0.05) is 0 Å². The Morgan fingerprint density at radius 2 is 2.00 bits per heavy atom. The van der Waals surface area contributed by atoms with Crippen LogP contribution in [0.5, 0.6) is 0 Å². The molecule has 0 aliphatic carbocycles. The predicted octanol–water partition coefficient (Wildman–Crippen LogP) is 2.12. The van der Waals surface area contributed by atoms with Crippen LogP contribution < -0.4 is 5.11 Å². The molecule has 6 heteroatoms. The summed E-state index contributed by atoms with van der Waals surface area (Å²) in [6.07, 6.45) is -2.92. The van der Waals surface area contributed by atoms with E-state index in [0.717, 1.165) is 18.2 Å². The van der Waals surface area contributed by atoms with Gasteiger partial charge >= 0.3 is 6.18 Å². The van der Waals surface area contributed by atoms with Crippen LogP contribution >= 0.6 is 11.6 Å². The maximum atomic E-state index is 12.4. The maximum Gasteiger partial charge on any atom is 0.417 e. The number of carboxylic acids is 1. The average Bonchev–Trinajstić information content (AvgIpc) is 2.14. The zero-order valence-electron chi connectivity index (χ0n) is 7.72. The molecule has 2 nitrogen and oxygen atoms in total. The molecule has 0 unspecified atom stereocenters. The number of alkyl halides is 3. The molecule has 0 N–H and O–H groups in total. The molecule has 0 radical (unpaired) electrons. The van der Waals surface area contributed by atoms with Gasteiger partial charge in [-0.2, -0.15) is 13.2 Å². The van der Waals surface area contributed by atoms with Crippen molar-refractivity contribution < 1.29 is 23.1 Å². The highest BCUT2D eigenvalue weighted by Crippen LogP contribution is 2.35. The molecule has 0 bridgehead atoms. The SMILES string of the molecule is O=C([O-])/C=C/c1ccc(Cl)c(C(F)(F)F)c1. The monoisotopic (exact) mass is 249 g/mol.